The van der Waals surface area contributed by atoms with E-state index in [1.54, 1.807) is 24.4 Å². The molecular weight excluding hydrogens is 436 g/mol. The van der Waals surface area contributed by atoms with Gasteiger partial charge in [0, 0.05) is 37.7 Å². The summed E-state index contributed by atoms with van der Waals surface area (Å²) in [5.74, 6) is -0.269. The maximum atomic E-state index is 13.0. The Morgan fingerprint density at radius 2 is 1.64 bits per heavy atom. The predicted molar refractivity (Wildman–Crippen MR) is 128 cm³/mol. The molecule has 0 unspecified atom stereocenters. The minimum Gasteiger partial charge on any atom is -0.322 e. The first-order valence-electron chi connectivity index (χ1n) is 10.3. The smallest absolute Gasteiger partial charge is 0.256 e. The molecule has 1 amide bonds. The van der Waals surface area contributed by atoms with Crippen molar-refractivity contribution in [2.75, 3.05) is 19.4 Å². The van der Waals surface area contributed by atoms with Crippen molar-refractivity contribution in [1.29, 1.82) is 0 Å². The van der Waals surface area contributed by atoms with E-state index in [2.05, 4.69) is 10.4 Å². The van der Waals surface area contributed by atoms with E-state index in [1.807, 2.05) is 59.4 Å². The third kappa shape index (κ3) is 5.02. The molecular formula is C25H24N4O3S. The summed E-state index contributed by atoms with van der Waals surface area (Å²) < 4.78 is 27.5. The number of rotatable bonds is 7. The van der Waals surface area contributed by atoms with Crippen molar-refractivity contribution < 1.29 is 13.2 Å². The Labute approximate surface area is 193 Å². The van der Waals surface area contributed by atoms with E-state index >= 15 is 0 Å². The third-order valence-electron chi connectivity index (χ3n) is 5.23. The van der Waals surface area contributed by atoms with E-state index in [9.17, 15) is 13.2 Å². The number of hydrogen-bond donors (Lipinski definition) is 1. The van der Waals surface area contributed by atoms with Crippen LogP contribution in [0.5, 0.6) is 0 Å². The first kappa shape index (κ1) is 22.4. The van der Waals surface area contributed by atoms with E-state index in [-0.39, 0.29) is 10.8 Å². The summed E-state index contributed by atoms with van der Waals surface area (Å²) in [6, 6.07) is 23.4. The molecule has 0 fully saturated rings. The van der Waals surface area contributed by atoms with Gasteiger partial charge in [0.2, 0.25) is 10.0 Å². The Morgan fingerprint density at radius 3 is 2.27 bits per heavy atom. The second kappa shape index (κ2) is 9.40. The van der Waals surface area contributed by atoms with Crippen LogP contribution in [-0.2, 0) is 16.6 Å². The molecule has 168 valence electrons. The molecule has 0 atom stereocenters. The topological polar surface area (TPSA) is 84.3 Å². The van der Waals surface area contributed by atoms with Gasteiger partial charge in [-0.05, 0) is 53.1 Å². The van der Waals surface area contributed by atoms with Crippen LogP contribution in [0.4, 0.5) is 5.69 Å². The predicted octanol–water partition coefficient (Wildman–Crippen LogP) is 4.10. The molecule has 4 aromatic rings. The molecule has 1 aromatic heterocycles. The number of carbonyl (C=O) groups excluding carboxylic acids is 1. The Kier molecular flexibility index (Phi) is 6.39. The third-order valence-corrected chi connectivity index (χ3v) is 7.06. The lowest BCUT2D eigenvalue weighted by Crippen LogP contribution is -2.22. The van der Waals surface area contributed by atoms with Crippen molar-refractivity contribution >= 4 is 21.6 Å². The van der Waals surface area contributed by atoms with E-state index in [1.165, 1.54) is 26.2 Å². The fourth-order valence-corrected chi connectivity index (χ4v) is 4.32. The molecule has 4 rings (SSSR count). The largest absolute Gasteiger partial charge is 0.322 e. The normalized spacial score (nSPS) is 11.5. The Hall–Kier alpha value is -3.75. The molecule has 0 aliphatic carbocycles. The number of carbonyl (C=O) groups is 1. The van der Waals surface area contributed by atoms with Gasteiger partial charge in [0.15, 0.2) is 0 Å². The molecule has 1 heterocycles. The van der Waals surface area contributed by atoms with Gasteiger partial charge in [0.05, 0.1) is 11.4 Å². The number of nitrogens with zero attached hydrogens (tertiary/aromatic N) is 3. The maximum absolute atomic E-state index is 13.0. The summed E-state index contributed by atoms with van der Waals surface area (Å²) in [6.45, 7) is 0.676. The van der Waals surface area contributed by atoms with E-state index in [0.717, 1.165) is 21.0 Å². The van der Waals surface area contributed by atoms with Gasteiger partial charge in [-0.25, -0.2) is 12.7 Å². The number of aromatic nitrogens is 2. The minimum atomic E-state index is -3.52. The molecule has 1 N–H and O–H groups in total. The molecule has 8 heteroatoms. The van der Waals surface area contributed by atoms with Gasteiger partial charge in [0.1, 0.15) is 0 Å². The van der Waals surface area contributed by atoms with Crippen molar-refractivity contribution in [2.24, 2.45) is 0 Å². The maximum Gasteiger partial charge on any atom is 0.256 e. The second-order valence-corrected chi connectivity index (χ2v) is 9.86. The van der Waals surface area contributed by atoms with Crippen LogP contribution in [0.2, 0.25) is 0 Å². The summed E-state index contributed by atoms with van der Waals surface area (Å²) in [6.07, 6.45) is 3.66. The highest BCUT2D eigenvalue weighted by Crippen LogP contribution is 2.25. The molecule has 0 bridgehead atoms. The Bertz CT molecular complexity index is 1350. The lowest BCUT2D eigenvalue weighted by Gasteiger charge is -2.13. The number of benzene rings is 3. The minimum absolute atomic E-state index is 0.168. The number of anilines is 1. The van der Waals surface area contributed by atoms with Gasteiger partial charge < -0.3 is 5.32 Å². The van der Waals surface area contributed by atoms with Crippen LogP contribution < -0.4 is 5.32 Å². The van der Waals surface area contributed by atoms with E-state index in [4.69, 9.17) is 0 Å². The first-order chi connectivity index (χ1) is 15.8. The number of amides is 1. The van der Waals surface area contributed by atoms with Crippen molar-refractivity contribution in [3.05, 3.63) is 102 Å². The van der Waals surface area contributed by atoms with Gasteiger partial charge in [-0.1, -0.05) is 42.5 Å². The molecule has 0 saturated heterocycles. The Balaban J connectivity index is 1.53. The van der Waals surface area contributed by atoms with Gasteiger partial charge >= 0.3 is 0 Å². The van der Waals surface area contributed by atoms with Crippen molar-refractivity contribution in [3.63, 3.8) is 0 Å². The number of hydrogen-bond acceptors (Lipinski definition) is 4. The van der Waals surface area contributed by atoms with Gasteiger partial charge in [0.25, 0.3) is 5.91 Å². The van der Waals surface area contributed by atoms with Gasteiger partial charge in [-0.3, -0.25) is 9.48 Å². The average Bonchev–Trinajstić information content (AvgIpc) is 3.33. The fraction of sp³-hybridized carbons (Fsp3) is 0.120. The van der Waals surface area contributed by atoms with Gasteiger partial charge in [-0.15, -0.1) is 0 Å². The van der Waals surface area contributed by atoms with Crippen molar-refractivity contribution in [1.82, 2.24) is 14.1 Å². The SMILES string of the molecule is CN(C)S(=O)(=O)c1ccc(NC(=O)c2ccccc2-c2ccc(Cn3cccn3)cc2)cc1. The summed E-state index contributed by atoms with van der Waals surface area (Å²) in [4.78, 5) is 13.2. The lowest BCUT2D eigenvalue weighted by molar-refractivity contribution is 0.102. The molecule has 0 saturated carbocycles. The van der Waals surface area contributed by atoms with Crippen LogP contribution in [0, 0.1) is 0 Å². The summed E-state index contributed by atoms with van der Waals surface area (Å²) in [5, 5.41) is 7.08. The average molecular weight is 461 g/mol. The lowest BCUT2D eigenvalue weighted by atomic mass is 9.98. The zero-order valence-electron chi connectivity index (χ0n) is 18.3. The first-order valence-corrected chi connectivity index (χ1v) is 11.8. The van der Waals surface area contributed by atoms with E-state index in [0.29, 0.717) is 17.8 Å². The van der Waals surface area contributed by atoms with Crippen molar-refractivity contribution in [3.8, 4) is 11.1 Å². The van der Waals surface area contributed by atoms with Crippen LogP contribution >= 0.6 is 0 Å². The van der Waals surface area contributed by atoms with Crippen molar-refractivity contribution in [2.45, 2.75) is 11.4 Å². The summed E-state index contributed by atoms with van der Waals surface area (Å²) >= 11 is 0. The molecule has 0 spiro atoms. The molecule has 0 radical (unpaired) electrons. The number of nitrogens with one attached hydrogen (secondary N) is 1. The fourth-order valence-electron chi connectivity index (χ4n) is 3.42. The zero-order chi connectivity index (χ0) is 23.4. The van der Waals surface area contributed by atoms with E-state index < -0.39 is 10.0 Å². The standard InChI is InChI=1S/C25H24N4O3S/c1-28(2)33(31,32)22-14-12-21(13-15-22)27-25(30)24-7-4-3-6-23(24)20-10-8-19(9-11-20)18-29-17-5-16-26-29/h3-17H,18H2,1-2H3,(H,27,30). The molecule has 33 heavy (non-hydrogen) atoms. The van der Waals surface area contributed by atoms with Crippen LogP contribution in [0.1, 0.15) is 15.9 Å². The van der Waals surface area contributed by atoms with Crippen LogP contribution in [0.25, 0.3) is 11.1 Å². The second-order valence-electron chi connectivity index (χ2n) is 7.71. The molecule has 7 nitrogen and oxygen atoms in total. The zero-order valence-corrected chi connectivity index (χ0v) is 19.2. The van der Waals surface area contributed by atoms with Crippen LogP contribution in [0.15, 0.2) is 96.2 Å². The van der Waals surface area contributed by atoms with Crippen LogP contribution in [0.3, 0.4) is 0 Å². The van der Waals surface area contributed by atoms with Gasteiger partial charge in [-0.2, -0.15) is 5.10 Å². The highest BCUT2D eigenvalue weighted by atomic mass is 32.2. The quantitative estimate of drug-likeness (QED) is 0.450. The molecule has 0 aliphatic heterocycles. The van der Waals surface area contributed by atoms with Crippen LogP contribution in [-0.4, -0.2) is 42.5 Å². The highest BCUT2D eigenvalue weighted by molar-refractivity contribution is 7.89. The number of sulfonamides is 1. The monoisotopic (exact) mass is 460 g/mol. The molecule has 0 aliphatic rings. The Morgan fingerprint density at radius 1 is 0.939 bits per heavy atom. The summed E-state index contributed by atoms with van der Waals surface area (Å²) in [7, 11) is -0.566. The summed E-state index contributed by atoms with van der Waals surface area (Å²) in [5.41, 5.74) is 3.89. The highest BCUT2D eigenvalue weighted by Gasteiger charge is 2.17. The molecule has 3 aromatic carbocycles.